The molecule has 2 aromatic rings. The molecule has 0 aliphatic carbocycles. The van der Waals surface area contributed by atoms with Crippen LogP contribution >= 0.6 is 24.0 Å². The molecule has 0 saturated heterocycles. The first-order valence-electron chi connectivity index (χ1n) is 7.76. The summed E-state index contributed by atoms with van der Waals surface area (Å²) in [5.41, 5.74) is 3.62. The highest BCUT2D eigenvalue weighted by Crippen LogP contribution is 2.07. The highest BCUT2D eigenvalue weighted by molar-refractivity contribution is 14.0. The number of aliphatic imine (C=N–C) groups is 1. The lowest BCUT2D eigenvalue weighted by Crippen LogP contribution is -2.38. The van der Waals surface area contributed by atoms with Gasteiger partial charge in [0.15, 0.2) is 5.96 Å². The van der Waals surface area contributed by atoms with Crippen LogP contribution in [0.25, 0.3) is 0 Å². The minimum absolute atomic E-state index is 0. The summed E-state index contributed by atoms with van der Waals surface area (Å²) in [5.74, 6) is 0.849. The monoisotopic (exact) mass is 424 g/mol. The zero-order valence-electron chi connectivity index (χ0n) is 13.7. The maximum Gasteiger partial charge on any atom is 0.191 e. The second kappa shape index (κ2) is 11.0. The molecule has 2 rings (SSSR count). The van der Waals surface area contributed by atoms with Crippen molar-refractivity contribution >= 4 is 29.9 Å². The molecule has 0 unspecified atom stereocenters. The van der Waals surface area contributed by atoms with Crippen LogP contribution in [0.1, 0.15) is 23.7 Å². The second-order valence-electron chi connectivity index (χ2n) is 5.12. The second-order valence-corrected chi connectivity index (χ2v) is 5.12. The lowest BCUT2D eigenvalue weighted by molar-refractivity contribution is 0.788. The highest BCUT2D eigenvalue weighted by atomic mass is 127. The quantitative estimate of drug-likeness (QED) is 0.425. The van der Waals surface area contributed by atoms with Gasteiger partial charge in [-0.1, -0.05) is 30.3 Å². The standard InChI is InChI=1S/C18H24N4.HI/c1-3-19-18(21-13-11-17-10-6-7-12-20-17)22-14-16-9-5-4-8-15(16)2;/h4-10,12H,3,11,13-14H2,1-2H3,(H2,19,21,22);1H. The number of aromatic nitrogens is 1. The Hall–Kier alpha value is -1.63. The molecule has 4 nitrogen and oxygen atoms in total. The van der Waals surface area contributed by atoms with Crippen LogP contribution in [0.3, 0.4) is 0 Å². The number of halogens is 1. The minimum Gasteiger partial charge on any atom is -0.357 e. The van der Waals surface area contributed by atoms with E-state index in [1.54, 1.807) is 0 Å². The Labute approximate surface area is 155 Å². The Kier molecular flexibility index (Phi) is 9.28. The van der Waals surface area contributed by atoms with Crippen LogP contribution in [-0.4, -0.2) is 24.0 Å². The van der Waals surface area contributed by atoms with Crippen molar-refractivity contribution in [1.29, 1.82) is 0 Å². The molecule has 0 aliphatic heterocycles. The highest BCUT2D eigenvalue weighted by Gasteiger charge is 2.00. The van der Waals surface area contributed by atoms with Crippen LogP contribution < -0.4 is 10.6 Å². The maximum atomic E-state index is 4.65. The fourth-order valence-electron chi connectivity index (χ4n) is 2.15. The number of nitrogens with zero attached hydrogens (tertiary/aromatic N) is 2. The summed E-state index contributed by atoms with van der Waals surface area (Å²) in [4.78, 5) is 8.98. The Morgan fingerprint density at radius 3 is 2.57 bits per heavy atom. The van der Waals surface area contributed by atoms with Gasteiger partial charge in [-0.15, -0.1) is 24.0 Å². The molecular weight excluding hydrogens is 399 g/mol. The summed E-state index contributed by atoms with van der Waals surface area (Å²) in [6.45, 7) is 6.54. The molecule has 0 aliphatic rings. The summed E-state index contributed by atoms with van der Waals surface area (Å²) in [5, 5.41) is 6.63. The van der Waals surface area contributed by atoms with Gasteiger partial charge in [-0.05, 0) is 37.1 Å². The van der Waals surface area contributed by atoms with E-state index in [1.165, 1.54) is 11.1 Å². The summed E-state index contributed by atoms with van der Waals surface area (Å²) in [6, 6.07) is 14.3. The Bertz CT molecular complexity index is 599. The number of nitrogens with one attached hydrogen (secondary N) is 2. The SMILES string of the molecule is CCNC(=NCc1ccccc1C)NCCc1ccccn1.I. The number of guanidine groups is 1. The molecule has 0 bridgehead atoms. The summed E-state index contributed by atoms with van der Waals surface area (Å²) in [6.07, 6.45) is 2.71. The number of pyridine rings is 1. The number of aryl methyl sites for hydroxylation is 1. The summed E-state index contributed by atoms with van der Waals surface area (Å²) < 4.78 is 0. The van der Waals surface area contributed by atoms with Crippen molar-refractivity contribution in [2.45, 2.75) is 26.8 Å². The zero-order valence-corrected chi connectivity index (χ0v) is 16.1. The molecule has 0 fully saturated rings. The van der Waals surface area contributed by atoms with Gasteiger partial charge in [0, 0.05) is 31.4 Å². The fraction of sp³-hybridized carbons (Fsp3) is 0.333. The molecular formula is C18H25IN4. The van der Waals surface area contributed by atoms with Crippen molar-refractivity contribution in [1.82, 2.24) is 15.6 Å². The van der Waals surface area contributed by atoms with E-state index in [2.05, 4.69) is 58.7 Å². The van der Waals surface area contributed by atoms with Gasteiger partial charge >= 0.3 is 0 Å². The summed E-state index contributed by atoms with van der Waals surface area (Å²) in [7, 11) is 0. The first-order chi connectivity index (χ1) is 10.8. The topological polar surface area (TPSA) is 49.3 Å². The zero-order chi connectivity index (χ0) is 15.6. The van der Waals surface area contributed by atoms with Gasteiger partial charge in [-0.2, -0.15) is 0 Å². The van der Waals surface area contributed by atoms with Gasteiger partial charge in [0.25, 0.3) is 0 Å². The summed E-state index contributed by atoms with van der Waals surface area (Å²) >= 11 is 0. The van der Waals surface area contributed by atoms with E-state index in [-0.39, 0.29) is 24.0 Å². The van der Waals surface area contributed by atoms with E-state index in [1.807, 2.05) is 24.4 Å². The normalized spacial score (nSPS) is 10.8. The van der Waals surface area contributed by atoms with E-state index < -0.39 is 0 Å². The number of hydrogen-bond donors (Lipinski definition) is 2. The molecule has 1 aromatic carbocycles. The van der Waals surface area contributed by atoms with Crippen LogP contribution in [0.15, 0.2) is 53.7 Å². The van der Waals surface area contributed by atoms with Crippen molar-refractivity contribution in [2.75, 3.05) is 13.1 Å². The molecule has 0 spiro atoms. The molecule has 0 amide bonds. The van der Waals surface area contributed by atoms with Gasteiger partial charge in [-0.3, -0.25) is 4.98 Å². The van der Waals surface area contributed by atoms with E-state index in [9.17, 15) is 0 Å². The first-order valence-corrected chi connectivity index (χ1v) is 7.76. The molecule has 0 radical (unpaired) electrons. The van der Waals surface area contributed by atoms with Crippen molar-refractivity contribution < 1.29 is 0 Å². The van der Waals surface area contributed by atoms with E-state index in [4.69, 9.17) is 0 Å². The molecule has 5 heteroatoms. The smallest absolute Gasteiger partial charge is 0.191 e. The lowest BCUT2D eigenvalue weighted by Gasteiger charge is -2.11. The van der Waals surface area contributed by atoms with Crippen LogP contribution in [0, 0.1) is 6.92 Å². The van der Waals surface area contributed by atoms with E-state index >= 15 is 0 Å². The van der Waals surface area contributed by atoms with Crippen LogP contribution in [-0.2, 0) is 13.0 Å². The number of hydrogen-bond acceptors (Lipinski definition) is 2. The third kappa shape index (κ3) is 6.99. The molecule has 124 valence electrons. The predicted molar refractivity (Wildman–Crippen MR) is 107 cm³/mol. The van der Waals surface area contributed by atoms with Crippen molar-refractivity contribution in [2.24, 2.45) is 4.99 Å². The average Bonchev–Trinajstić information content (AvgIpc) is 2.55. The van der Waals surface area contributed by atoms with E-state index in [0.717, 1.165) is 31.2 Å². The van der Waals surface area contributed by atoms with Crippen molar-refractivity contribution in [3.8, 4) is 0 Å². The lowest BCUT2D eigenvalue weighted by atomic mass is 10.1. The van der Waals surface area contributed by atoms with Crippen LogP contribution in [0.5, 0.6) is 0 Å². The van der Waals surface area contributed by atoms with Crippen LogP contribution in [0.2, 0.25) is 0 Å². The third-order valence-corrected chi connectivity index (χ3v) is 3.41. The fourth-order valence-corrected chi connectivity index (χ4v) is 2.15. The molecule has 1 aromatic heterocycles. The Morgan fingerprint density at radius 1 is 1.09 bits per heavy atom. The average molecular weight is 424 g/mol. The minimum atomic E-state index is 0. The van der Waals surface area contributed by atoms with Gasteiger partial charge < -0.3 is 10.6 Å². The van der Waals surface area contributed by atoms with Gasteiger partial charge in [0.1, 0.15) is 0 Å². The Balaban J connectivity index is 0.00000264. The van der Waals surface area contributed by atoms with Crippen LogP contribution in [0.4, 0.5) is 0 Å². The molecule has 23 heavy (non-hydrogen) atoms. The maximum absolute atomic E-state index is 4.65. The third-order valence-electron chi connectivity index (χ3n) is 3.41. The Morgan fingerprint density at radius 2 is 1.87 bits per heavy atom. The molecule has 0 saturated carbocycles. The number of benzene rings is 1. The van der Waals surface area contributed by atoms with Gasteiger partial charge in [-0.25, -0.2) is 4.99 Å². The predicted octanol–water partition coefficient (Wildman–Crippen LogP) is 3.31. The van der Waals surface area contributed by atoms with Crippen molar-refractivity contribution in [3.05, 3.63) is 65.5 Å². The largest absolute Gasteiger partial charge is 0.357 e. The molecule has 0 atom stereocenters. The first kappa shape index (κ1) is 19.4. The van der Waals surface area contributed by atoms with Crippen molar-refractivity contribution in [3.63, 3.8) is 0 Å². The molecule has 1 heterocycles. The van der Waals surface area contributed by atoms with E-state index in [0.29, 0.717) is 6.54 Å². The number of rotatable bonds is 6. The van der Waals surface area contributed by atoms with Gasteiger partial charge in [0.05, 0.1) is 6.54 Å². The van der Waals surface area contributed by atoms with Gasteiger partial charge in [0.2, 0.25) is 0 Å². The molecule has 2 N–H and O–H groups in total.